The van der Waals surface area contributed by atoms with Crippen LogP contribution in [-0.2, 0) is 4.79 Å². The fourth-order valence-corrected chi connectivity index (χ4v) is 1.56. The normalized spacial score (nSPS) is 32.1. The van der Waals surface area contributed by atoms with Crippen molar-refractivity contribution < 1.29 is 9.90 Å². The van der Waals surface area contributed by atoms with Crippen LogP contribution < -0.4 is 5.32 Å². The molecule has 3 heteroatoms. The minimum atomic E-state index is 0.200. The van der Waals surface area contributed by atoms with E-state index in [1.807, 2.05) is 0 Å². The first kappa shape index (κ1) is 7.54. The highest BCUT2D eigenvalue weighted by atomic mass is 16.3. The largest absolute Gasteiger partial charge is 0.396 e. The number of hydrogen-bond acceptors (Lipinski definition) is 2. The van der Waals surface area contributed by atoms with E-state index in [0.29, 0.717) is 5.92 Å². The Morgan fingerprint density at radius 2 is 2.40 bits per heavy atom. The van der Waals surface area contributed by atoms with Crippen molar-refractivity contribution in [2.45, 2.75) is 25.3 Å². The molecule has 2 N–H and O–H groups in total. The lowest BCUT2D eigenvalue weighted by Crippen LogP contribution is -2.32. The van der Waals surface area contributed by atoms with Crippen LogP contribution in [0.1, 0.15) is 19.3 Å². The van der Waals surface area contributed by atoms with Crippen molar-refractivity contribution in [2.75, 3.05) is 6.61 Å². The summed E-state index contributed by atoms with van der Waals surface area (Å²) in [7, 11) is 0. The Kier molecular flexibility index (Phi) is 2.68. The number of hydrogen-bond donors (Lipinski definition) is 2. The maximum Gasteiger partial charge on any atom is 0.207 e. The van der Waals surface area contributed by atoms with Crippen molar-refractivity contribution in [3.8, 4) is 0 Å². The molecular formula is C7H13NO2. The van der Waals surface area contributed by atoms with Gasteiger partial charge in [0.1, 0.15) is 0 Å². The highest BCUT2D eigenvalue weighted by Gasteiger charge is 2.25. The van der Waals surface area contributed by atoms with Gasteiger partial charge in [0.2, 0.25) is 6.41 Å². The van der Waals surface area contributed by atoms with E-state index in [4.69, 9.17) is 5.11 Å². The van der Waals surface area contributed by atoms with Crippen molar-refractivity contribution in [1.29, 1.82) is 0 Å². The van der Waals surface area contributed by atoms with Crippen LogP contribution in [0.2, 0.25) is 0 Å². The predicted octanol–water partition coefficient (Wildman–Crippen LogP) is -0.107. The van der Waals surface area contributed by atoms with Crippen molar-refractivity contribution in [1.82, 2.24) is 5.32 Å². The summed E-state index contributed by atoms with van der Waals surface area (Å²) in [6, 6.07) is 0.225. The summed E-state index contributed by atoms with van der Waals surface area (Å²) >= 11 is 0. The summed E-state index contributed by atoms with van der Waals surface area (Å²) in [6.07, 6.45) is 3.90. The molecule has 1 saturated carbocycles. The summed E-state index contributed by atoms with van der Waals surface area (Å²) in [5.74, 6) is 0.296. The van der Waals surface area contributed by atoms with E-state index in [0.717, 1.165) is 25.7 Å². The molecule has 0 spiro atoms. The fourth-order valence-electron chi connectivity index (χ4n) is 1.56. The van der Waals surface area contributed by atoms with E-state index in [-0.39, 0.29) is 12.6 Å². The standard InChI is InChI=1S/C7H13NO2/c9-4-6-2-1-3-7(6)8-5-10/h5-7,9H,1-4H2,(H,8,10)/t6-,7-/m0/s1. The molecule has 1 aliphatic rings. The first-order valence-corrected chi connectivity index (χ1v) is 3.69. The van der Waals surface area contributed by atoms with Crippen molar-refractivity contribution in [3.05, 3.63) is 0 Å². The van der Waals surface area contributed by atoms with Gasteiger partial charge in [-0.3, -0.25) is 4.79 Å². The third kappa shape index (κ3) is 1.48. The van der Waals surface area contributed by atoms with Crippen LogP contribution >= 0.6 is 0 Å². The lowest BCUT2D eigenvalue weighted by atomic mass is 10.1. The average molecular weight is 143 g/mol. The molecule has 1 fully saturated rings. The minimum absolute atomic E-state index is 0.200. The minimum Gasteiger partial charge on any atom is -0.396 e. The second kappa shape index (κ2) is 3.56. The van der Waals surface area contributed by atoms with Crippen LogP contribution in [0.15, 0.2) is 0 Å². The third-order valence-corrected chi connectivity index (χ3v) is 2.18. The molecule has 0 aromatic rings. The SMILES string of the molecule is O=CN[C@H]1CCC[C@H]1CO. The summed E-state index contributed by atoms with van der Waals surface area (Å²) < 4.78 is 0. The first-order chi connectivity index (χ1) is 4.88. The molecule has 10 heavy (non-hydrogen) atoms. The van der Waals surface area contributed by atoms with Gasteiger partial charge in [-0.1, -0.05) is 6.42 Å². The molecule has 0 aromatic heterocycles. The van der Waals surface area contributed by atoms with Gasteiger partial charge >= 0.3 is 0 Å². The van der Waals surface area contributed by atoms with Crippen LogP contribution in [0.5, 0.6) is 0 Å². The lowest BCUT2D eigenvalue weighted by molar-refractivity contribution is -0.110. The summed E-state index contributed by atoms with van der Waals surface area (Å²) in [5, 5.41) is 11.5. The molecule has 0 saturated heterocycles. The maximum atomic E-state index is 10.0. The van der Waals surface area contributed by atoms with E-state index in [1.54, 1.807) is 0 Å². The molecular weight excluding hydrogens is 130 g/mol. The fraction of sp³-hybridized carbons (Fsp3) is 0.857. The number of aliphatic hydroxyl groups excluding tert-OH is 1. The van der Waals surface area contributed by atoms with E-state index < -0.39 is 0 Å². The maximum absolute atomic E-state index is 10.0. The highest BCUT2D eigenvalue weighted by Crippen LogP contribution is 2.24. The Labute approximate surface area is 60.4 Å². The van der Waals surface area contributed by atoms with Crippen LogP contribution in [0.4, 0.5) is 0 Å². The predicted molar refractivity (Wildman–Crippen MR) is 37.4 cm³/mol. The summed E-state index contributed by atoms with van der Waals surface area (Å²) in [4.78, 5) is 10.0. The van der Waals surface area contributed by atoms with Gasteiger partial charge in [0.15, 0.2) is 0 Å². The van der Waals surface area contributed by atoms with Crippen LogP contribution in [0.3, 0.4) is 0 Å². The molecule has 0 aliphatic heterocycles. The van der Waals surface area contributed by atoms with E-state index in [1.165, 1.54) is 0 Å². The molecule has 2 atom stereocenters. The van der Waals surface area contributed by atoms with Crippen LogP contribution in [-0.4, -0.2) is 24.2 Å². The van der Waals surface area contributed by atoms with Gasteiger partial charge in [0.25, 0.3) is 0 Å². The van der Waals surface area contributed by atoms with E-state index >= 15 is 0 Å². The zero-order chi connectivity index (χ0) is 7.40. The van der Waals surface area contributed by atoms with Gasteiger partial charge in [0.05, 0.1) is 0 Å². The number of carbonyl (C=O) groups is 1. The quantitative estimate of drug-likeness (QED) is 0.542. The molecule has 0 heterocycles. The van der Waals surface area contributed by atoms with Crippen molar-refractivity contribution >= 4 is 6.41 Å². The Morgan fingerprint density at radius 1 is 1.60 bits per heavy atom. The van der Waals surface area contributed by atoms with Crippen molar-refractivity contribution in [2.24, 2.45) is 5.92 Å². The zero-order valence-corrected chi connectivity index (χ0v) is 5.92. The summed E-state index contributed by atoms with van der Waals surface area (Å²) in [6.45, 7) is 0.200. The Hall–Kier alpha value is -0.570. The molecule has 1 aliphatic carbocycles. The van der Waals surface area contributed by atoms with Gasteiger partial charge in [-0.2, -0.15) is 0 Å². The highest BCUT2D eigenvalue weighted by molar-refractivity contribution is 5.46. The number of aliphatic hydroxyl groups is 1. The first-order valence-electron chi connectivity index (χ1n) is 3.69. The number of nitrogens with one attached hydrogen (secondary N) is 1. The van der Waals surface area contributed by atoms with Gasteiger partial charge in [-0.05, 0) is 12.8 Å². The monoisotopic (exact) mass is 143 g/mol. The molecule has 0 bridgehead atoms. The van der Waals surface area contributed by atoms with Gasteiger partial charge in [-0.25, -0.2) is 0 Å². The summed E-state index contributed by atoms with van der Waals surface area (Å²) in [5.41, 5.74) is 0. The molecule has 58 valence electrons. The third-order valence-electron chi connectivity index (χ3n) is 2.18. The topological polar surface area (TPSA) is 49.3 Å². The zero-order valence-electron chi connectivity index (χ0n) is 5.92. The smallest absolute Gasteiger partial charge is 0.207 e. The molecule has 0 radical (unpaired) electrons. The van der Waals surface area contributed by atoms with Gasteiger partial charge < -0.3 is 10.4 Å². The number of rotatable bonds is 3. The van der Waals surface area contributed by atoms with Gasteiger partial charge in [-0.15, -0.1) is 0 Å². The van der Waals surface area contributed by atoms with E-state index in [9.17, 15) is 4.79 Å². The van der Waals surface area contributed by atoms with Crippen molar-refractivity contribution in [3.63, 3.8) is 0 Å². The second-order valence-corrected chi connectivity index (χ2v) is 2.76. The Bertz CT molecular complexity index is 116. The molecule has 0 aromatic carbocycles. The second-order valence-electron chi connectivity index (χ2n) is 2.76. The van der Waals surface area contributed by atoms with Gasteiger partial charge in [0, 0.05) is 18.6 Å². The van der Waals surface area contributed by atoms with Crippen LogP contribution in [0, 0.1) is 5.92 Å². The Balaban J connectivity index is 2.34. The number of carbonyl (C=O) groups excluding carboxylic acids is 1. The lowest BCUT2D eigenvalue weighted by Gasteiger charge is -2.15. The molecule has 1 rings (SSSR count). The molecule has 3 nitrogen and oxygen atoms in total. The molecule has 0 unspecified atom stereocenters. The number of amides is 1. The Morgan fingerprint density at radius 3 is 3.00 bits per heavy atom. The molecule has 1 amide bonds. The van der Waals surface area contributed by atoms with E-state index in [2.05, 4.69) is 5.32 Å². The average Bonchev–Trinajstić information content (AvgIpc) is 2.36. The van der Waals surface area contributed by atoms with Crippen LogP contribution in [0.25, 0.3) is 0 Å².